The molecule has 0 spiro atoms. The minimum atomic E-state index is -1.07. The van der Waals surface area contributed by atoms with Gasteiger partial charge in [0, 0.05) is 35.2 Å². The maximum Gasteiger partial charge on any atom is 0.251 e. The largest absolute Gasteiger partial charge is 0.508 e. The molecule has 1 amide bonds. The van der Waals surface area contributed by atoms with E-state index >= 15 is 0 Å². The molecule has 172 valence electrons. The van der Waals surface area contributed by atoms with Crippen molar-refractivity contribution in [1.82, 2.24) is 5.32 Å². The van der Waals surface area contributed by atoms with Crippen molar-refractivity contribution in [3.05, 3.63) is 53.1 Å². The summed E-state index contributed by atoms with van der Waals surface area (Å²) >= 11 is 0. The summed E-state index contributed by atoms with van der Waals surface area (Å²) in [5.41, 5.74) is 0.217. The van der Waals surface area contributed by atoms with Crippen LogP contribution in [0.25, 0.3) is 0 Å². The summed E-state index contributed by atoms with van der Waals surface area (Å²) in [5.74, 6) is -5.53. The first-order chi connectivity index (χ1) is 15.5. The molecule has 33 heavy (non-hydrogen) atoms. The normalized spacial score (nSPS) is 17.1. The molecule has 0 saturated carbocycles. The first-order valence-electron chi connectivity index (χ1n) is 9.57. The fourth-order valence-corrected chi connectivity index (χ4v) is 3.68. The Hall–Kier alpha value is -4.67. The fraction of sp³-hybridized carbons (Fsp3) is 0.136. The van der Waals surface area contributed by atoms with Gasteiger partial charge in [-0.2, -0.15) is 0 Å². The molecule has 11 heteroatoms. The molecule has 1 heterocycles. The van der Waals surface area contributed by atoms with Gasteiger partial charge in [-0.1, -0.05) is 0 Å². The molecule has 0 fully saturated rings. The van der Waals surface area contributed by atoms with Crippen LogP contribution in [-0.4, -0.2) is 52.8 Å². The number of phenols is 8. The number of rotatable bonds is 3. The van der Waals surface area contributed by atoms with Crippen LogP contribution < -0.4 is 10.1 Å². The first-order valence-corrected chi connectivity index (χ1v) is 9.57. The number of nitrogens with one attached hydrogen (secondary N) is 1. The summed E-state index contributed by atoms with van der Waals surface area (Å²) in [6, 6.07) is 5.51. The lowest BCUT2D eigenvalue weighted by atomic mass is 9.91. The number of benzene rings is 3. The van der Waals surface area contributed by atoms with Gasteiger partial charge in [0.25, 0.3) is 5.91 Å². The smallest absolute Gasteiger partial charge is 0.251 e. The minimum Gasteiger partial charge on any atom is -0.508 e. The number of carbonyl (C=O) groups is 1. The molecule has 9 N–H and O–H groups in total. The Labute approximate surface area is 185 Å². The van der Waals surface area contributed by atoms with E-state index in [2.05, 4.69) is 5.32 Å². The Kier molecular flexibility index (Phi) is 5.09. The second-order valence-corrected chi connectivity index (χ2v) is 7.53. The number of carbonyl (C=O) groups excluding carboxylic acids is 1. The van der Waals surface area contributed by atoms with Crippen LogP contribution in [0, 0.1) is 0 Å². The molecule has 0 aliphatic carbocycles. The van der Waals surface area contributed by atoms with E-state index in [1.807, 2.05) is 0 Å². The molecule has 4 rings (SSSR count). The number of hydrogen-bond donors (Lipinski definition) is 9. The molecule has 0 saturated heterocycles. The number of amides is 1. The van der Waals surface area contributed by atoms with E-state index in [1.165, 1.54) is 6.07 Å². The highest BCUT2D eigenvalue weighted by molar-refractivity contribution is 5.95. The van der Waals surface area contributed by atoms with Crippen molar-refractivity contribution in [3.63, 3.8) is 0 Å². The number of fused-ring (bicyclic) bond motifs is 1. The van der Waals surface area contributed by atoms with Crippen LogP contribution in [0.4, 0.5) is 0 Å². The Morgan fingerprint density at radius 2 is 1.30 bits per heavy atom. The van der Waals surface area contributed by atoms with E-state index in [0.717, 1.165) is 30.3 Å². The monoisotopic (exact) mass is 457 g/mol. The molecule has 0 bridgehead atoms. The number of phenolic OH excluding ortho intramolecular Hbond substituents is 8. The Balaban J connectivity index is 1.75. The van der Waals surface area contributed by atoms with Gasteiger partial charge in [-0.25, -0.2) is 0 Å². The second-order valence-electron chi connectivity index (χ2n) is 7.53. The van der Waals surface area contributed by atoms with E-state index in [1.54, 1.807) is 0 Å². The molecule has 1 aliphatic heterocycles. The average molecular weight is 457 g/mol. The van der Waals surface area contributed by atoms with Gasteiger partial charge in [0.2, 0.25) is 0 Å². The average Bonchev–Trinajstić information content (AvgIpc) is 2.75. The van der Waals surface area contributed by atoms with Crippen LogP contribution in [0.1, 0.15) is 27.6 Å². The van der Waals surface area contributed by atoms with Gasteiger partial charge in [0.1, 0.15) is 23.4 Å². The fourth-order valence-electron chi connectivity index (χ4n) is 3.68. The molecular formula is C22H19NO10. The van der Waals surface area contributed by atoms with Gasteiger partial charge in [-0.05, 0) is 24.3 Å². The Bertz CT molecular complexity index is 1230. The van der Waals surface area contributed by atoms with Gasteiger partial charge in [0.05, 0.1) is 6.04 Å². The highest BCUT2D eigenvalue weighted by atomic mass is 16.5. The predicted octanol–water partition coefficient (Wildman–Crippen LogP) is 1.81. The van der Waals surface area contributed by atoms with E-state index in [9.17, 15) is 45.6 Å². The zero-order chi connectivity index (χ0) is 24.0. The van der Waals surface area contributed by atoms with Gasteiger partial charge in [0.15, 0.2) is 34.5 Å². The van der Waals surface area contributed by atoms with Crippen LogP contribution in [0.5, 0.6) is 51.7 Å². The molecule has 3 aromatic rings. The third-order valence-corrected chi connectivity index (χ3v) is 5.28. The summed E-state index contributed by atoms with van der Waals surface area (Å²) in [5, 5.41) is 81.0. The van der Waals surface area contributed by atoms with E-state index in [0.29, 0.717) is 0 Å². The Morgan fingerprint density at radius 1 is 0.758 bits per heavy atom. The van der Waals surface area contributed by atoms with Crippen LogP contribution in [0.3, 0.4) is 0 Å². The summed E-state index contributed by atoms with van der Waals surface area (Å²) in [6.45, 7) is 0. The summed E-state index contributed by atoms with van der Waals surface area (Å²) in [6.07, 6.45) is -1.09. The lowest BCUT2D eigenvalue weighted by molar-refractivity contribution is 0.0836. The third-order valence-electron chi connectivity index (χ3n) is 5.28. The molecule has 1 aliphatic rings. The summed E-state index contributed by atoms with van der Waals surface area (Å²) in [7, 11) is 0. The van der Waals surface area contributed by atoms with Crippen LogP contribution >= 0.6 is 0 Å². The van der Waals surface area contributed by atoms with E-state index in [4.69, 9.17) is 4.74 Å². The van der Waals surface area contributed by atoms with Crippen molar-refractivity contribution in [2.75, 3.05) is 0 Å². The minimum absolute atomic E-state index is 0.0176. The number of ether oxygens (including phenoxy) is 1. The van der Waals surface area contributed by atoms with Crippen molar-refractivity contribution in [2.45, 2.75) is 18.6 Å². The molecule has 3 aromatic carbocycles. The van der Waals surface area contributed by atoms with Gasteiger partial charge >= 0.3 is 0 Å². The summed E-state index contributed by atoms with van der Waals surface area (Å²) < 4.78 is 5.87. The van der Waals surface area contributed by atoms with Crippen LogP contribution in [0.2, 0.25) is 0 Å². The first kappa shape index (κ1) is 21.6. The van der Waals surface area contributed by atoms with Crippen molar-refractivity contribution >= 4 is 5.91 Å². The molecular weight excluding hydrogens is 438 g/mol. The van der Waals surface area contributed by atoms with Crippen molar-refractivity contribution in [2.24, 2.45) is 0 Å². The molecule has 0 aromatic heterocycles. The van der Waals surface area contributed by atoms with Gasteiger partial charge in [-0.15, -0.1) is 0 Å². The second kappa shape index (κ2) is 7.79. The zero-order valence-corrected chi connectivity index (χ0v) is 16.7. The standard InChI is InChI=1S/C22H19NO10/c24-10-5-13(25)11-7-12(23-22(32)9-3-16(28)20(31)17(29)4-9)21(33-18(11)6-10)8-1-14(26)19(30)15(27)2-8/h1-6,12,21,24-31H,7H2,(H,23,32)/t12-,21-/m0/s1. The van der Waals surface area contributed by atoms with Crippen LogP contribution in [-0.2, 0) is 6.42 Å². The quantitative estimate of drug-likeness (QED) is 0.261. The number of aromatic hydroxyl groups is 8. The lowest BCUT2D eigenvalue weighted by Gasteiger charge is -2.35. The highest BCUT2D eigenvalue weighted by Gasteiger charge is 2.35. The van der Waals surface area contributed by atoms with Crippen molar-refractivity contribution < 1.29 is 50.4 Å². The highest BCUT2D eigenvalue weighted by Crippen LogP contribution is 2.45. The maximum absolute atomic E-state index is 12.8. The van der Waals surface area contributed by atoms with Gasteiger partial charge in [-0.3, -0.25) is 4.79 Å². The Morgan fingerprint density at radius 3 is 1.88 bits per heavy atom. The maximum atomic E-state index is 12.8. The zero-order valence-electron chi connectivity index (χ0n) is 16.7. The van der Waals surface area contributed by atoms with Crippen LogP contribution in [0.15, 0.2) is 36.4 Å². The summed E-state index contributed by atoms with van der Waals surface area (Å²) in [4.78, 5) is 12.8. The molecule has 0 unspecified atom stereocenters. The van der Waals surface area contributed by atoms with E-state index < -0.39 is 52.6 Å². The van der Waals surface area contributed by atoms with E-state index in [-0.39, 0.29) is 40.4 Å². The molecule has 0 radical (unpaired) electrons. The third kappa shape index (κ3) is 3.87. The predicted molar refractivity (Wildman–Crippen MR) is 111 cm³/mol. The van der Waals surface area contributed by atoms with Crippen molar-refractivity contribution in [1.29, 1.82) is 0 Å². The van der Waals surface area contributed by atoms with Crippen molar-refractivity contribution in [3.8, 4) is 51.7 Å². The lowest BCUT2D eigenvalue weighted by Crippen LogP contribution is -2.45. The number of hydrogen-bond acceptors (Lipinski definition) is 10. The topological polar surface area (TPSA) is 200 Å². The van der Waals surface area contributed by atoms with Gasteiger partial charge < -0.3 is 50.9 Å². The SMILES string of the molecule is O=C(N[C@H]1Cc2c(O)cc(O)cc2O[C@H]1c1cc(O)c(O)c(O)c1)c1cc(O)c(O)c(O)c1. The molecule has 2 atom stereocenters. The molecule has 11 nitrogen and oxygen atoms in total.